The number of hydrogen-bond acceptors (Lipinski definition) is 7. The average Bonchev–Trinajstić information content (AvgIpc) is 2.67. The third-order valence-corrected chi connectivity index (χ3v) is 6.44. The SMILES string of the molecule is CCc1cc(=O)[nH]c(-c2ccc(NCCS(=O)(=O)N3CC(C)OC(C)C3)nc2)n1. The lowest BCUT2D eigenvalue weighted by Gasteiger charge is -2.34. The van der Waals surface area contributed by atoms with E-state index in [1.54, 1.807) is 18.3 Å². The highest BCUT2D eigenvalue weighted by atomic mass is 32.2. The molecule has 3 rings (SSSR count). The number of ether oxygens (including phenoxy) is 1. The number of hydrogen-bond donors (Lipinski definition) is 2. The molecule has 0 radical (unpaired) electrons. The summed E-state index contributed by atoms with van der Waals surface area (Å²) in [6.07, 6.45) is 2.04. The summed E-state index contributed by atoms with van der Waals surface area (Å²) in [7, 11) is -3.37. The lowest BCUT2D eigenvalue weighted by molar-refractivity contribution is -0.0440. The van der Waals surface area contributed by atoms with Crippen molar-refractivity contribution in [3.63, 3.8) is 0 Å². The largest absolute Gasteiger partial charge is 0.373 e. The van der Waals surface area contributed by atoms with Crippen molar-refractivity contribution in [2.24, 2.45) is 0 Å². The Morgan fingerprint density at radius 1 is 1.28 bits per heavy atom. The van der Waals surface area contributed by atoms with Crippen molar-refractivity contribution in [2.45, 2.75) is 39.4 Å². The van der Waals surface area contributed by atoms with E-state index in [1.807, 2.05) is 20.8 Å². The fraction of sp³-hybridized carbons (Fsp3) is 0.526. The highest BCUT2D eigenvalue weighted by Crippen LogP contribution is 2.16. The van der Waals surface area contributed by atoms with Gasteiger partial charge in [0, 0.05) is 43.2 Å². The highest BCUT2D eigenvalue weighted by Gasteiger charge is 2.30. The second-order valence-corrected chi connectivity index (χ2v) is 9.28. The molecule has 0 aromatic carbocycles. The third kappa shape index (κ3) is 5.62. The van der Waals surface area contributed by atoms with Gasteiger partial charge in [-0.1, -0.05) is 6.92 Å². The van der Waals surface area contributed by atoms with E-state index < -0.39 is 10.0 Å². The van der Waals surface area contributed by atoms with Crippen LogP contribution in [0.2, 0.25) is 0 Å². The fourth-order valence-corrected chi connectivity index (χ4v) is 4.75. The topological polar surface area (TPSA) is 117 Å². The molecule has 2 unspecified atom stereocenters. The third-order valence-electron chi connectivity index (χ3n) is 4.64. The van der Waals surface area contributed by atoms with Crippen LogP contribution < -0.4 is 10.9 Å². The summed E-state index contributed by atoms with van der Waals surface area (Å²) in [6.45, 7) is 6.68. The van der Waals surface area contributed by atoms with Gasteiger partial charge in [0.15, 0.2) is 0 Å². The van der Waals surface area contributed by atoms with E-state index in [9.17, 15) is 13.2 Å². The Bertz CT molecular complexity index is 980. The fourth-order valence-electron chi connectivity index (χ4n) is 3.26. The molecule has 3 heterocycles. The van der Waals surface area contributed by atoms with Gasteiger partial charge in [0.05, 0.1) is 18.0 Å². The number of H-pyrrole nitrogens is 1. The molecule has 0 saturated carbocycles. The smallest absolute Gasteiger partial charge is 0.251 e. The molecule has 0 aliphatic carbocycles. The summed E-state index contributed by atoms with van der Waals surface area (Å²) < 4.78 is 32.2. The molecule has 9 nitrogen and oxygen atoms in total. The Morgan fingerprint density at radius 2 is 2.00 bits per heavy atom. The first-order chi connectivity index (χ1) is 13.8. The molecule has 1 aliphatic heterocycles. The number of morpholine rings is 1. The maximum atomic E-state index is 12.6. The summed E-state index contributed by atoms with van der Waals surface area (Å²) in [5.74, 6) is 0.997. The number of nitrogens with zero attached hydrogens (tertiary/aromatic N) is 3. The molecule has 2 aromatic heterocycles. The molecule has 1 fully saturated rings. The minimum Gasteiger partial charge on any atom is -0.373 e. The van der Waals surface area contributed by atoms with Crippen LogP contribution in [0.15, 0.2) is 29.2 Å². The van der Waals surface area contributed by atoms with Crippen molar-refractivity contribution in [3.05, 3.63) is 40.4 Å². The summed E-state index contributed by atoms with van der Waals surface area (Å²) in [5.41, 5.74) is 1.20. The number of sulfonamides is 1. The molecule has 1 aliphatic rings. The Labute approximate surface area is 170 Å². The second kappa shape index (κ2) is 9.02. The lowest BCUT2D eigenvalue weighted by Crippen LogP contribution is -2.49. The van der Waals surface area contributed by atoms with E-state index in [1.165, 1.54) is 10.4 Å². The molecule has 0 bridgehead atoms. The number of aromatic amines is 1. The summed E-state index contributed by atoms with van der Waals surface area (Å²) in [6, 6.07) is 5.00. The van der Waals surface area contributed by atoms with Crippen molar-refractivity contribution in [1.29, 1.82) is 0 Å². The Balaban J connectivity index is 1.59. The summed E-state index contributed by atoms with van der Waals surface area (Å²) in [4.78, 5) is 23.1. The van der Waals surface area contributed by atoms with Gasteiger partial charge in [-0.15, -0.1) is 0 Å². The lowest BCUT2D eigenvalue weighted by atomic mass is 10.2. The van der Waals surface area contributed by atoms with Crippen LogP contribution in [0.3, 0.4) is 0 Å². The summed E-state index contributed by atoms with van der Waals surface area (Å²) in [5, 5.41) is 3.03. The van der Waals surface area contributed by atoms with Gasteiger partial charge in [-0.3, -0.25) is 4.79 Å². The summed E-state index contributed by atoms with van der Waals surface area (Å²) >= 11 is 0. The van der Waals surface area contributed by atoms with Crippen LogP contribution in [-0.4, -0.2) is 65.3 Å². The van der Waals surface area contributed by atoms with Crippen LogP contribution in [0.5, 0.6) is 0 Å². The molecule has 2 aromatic rings. The maximum absolute atomic E-state index is 12.6. The molecule has 29 heavy (non-hydrogen) atoms. The minimum atomic E-state index is -3.37. The van der Waals surface area contributed by atoms with E-state index in [-0.39, 0.29) is 30.1 Å². The normalized spacial score (nSPS) is 20.5. The monoisotopic (exact) mass is 421 g/mol. The van der Waals surface area contributed by atoms with Gasteiger partial charge in [0.2, 0.25) is 10.0 Å². The Kier molecular flexibility index (Phi) is 6.66. The molecule has 2 atom stereocenters. The van der Waals surface area contributed by atoms with Crippen LogP contribution in [-0.2, 0) is 21.2 Å². The predicted molar refractivity (Wildman–Crippen MR) is 111 cm³/mol. The molecular formula is C19H27N5O4S. The Hall–Kier alpha value is -2.30. The second-order valence-electron chi connectivity index (χ2n) is 7.19. The maximum Gasteiger partial charge on any atom is 0.251 e. The van der Waals surface area contributed by atoms with Crippen LogP contribution >= 0.6 is 0 Å². The van der Waals surface area contributed by atoms with Gasteiger partial charge >= 0.3 is 0 Å². The van der Waals surface area contributed by atoms with Gasteiger partial charge in [0.25, 0.3) is 5.56 Å². The van der Waals surface area contributed by atoms with E-state index in [2.05, 4.69) is 20.3 Å². The molecule has 2 N–H and O–H groups in total. The predicted octanol–water partition coefficient (Wildman–Crippen LogP) is 1.25. The molecule has 0 spiro atoms. The zero-order valence-electron chi connectivity index (χ0n) is 16.9. The van der Waals surface area contributed by atoms with Gasteiger partial charge in [-0.05, 0) is 32.4 Å². The van der Waals surface area contributed by atoms with Crippen molar-refractivity contribution < 1.29 is 13.2 Å². The van der Waals surface area contributed by atoms with Crippen LogP contribution in [0.1, 0.15) is 26.5 Å². The van der Waals surface area contributed by atoms with E-state index >= 15 is 0 Å². The Morgan fingerprint density at radius 3 is 2.62 bits per heavy atom. The molecular weight excluding hydrogens is 394 g/mol. The number of pyridine rings is 1. The van der Waals surface area contributed by atoms with Crippen molar-refractivity contribution in [1.82, 2.24) is 19.3 Å². The van der Waals surface area contributed by atoms with Crippen LogP contribution in [0.25, 0.3) is 11.4 Å². The molecule has 0 amide bonds. The van der Waals surface area contributed by atoms with Gasteiger partial charge in [-0.25, -0.2) is 18.4 Å². The molecule has 1 saturated heterocycles. The van der Waals surface area contributed by atoms with Crippen molar-refractivity contribution >= 4 is 15.8 Å². The quantitative estimate of drug-likeness (QED) is 0.691. The standard InChI is InChI=1S/C19H27N5O4S/c1-4-16-9-18(25)23-19(22-16)15-5-6-17(21-10-15)20-7-8-29(26,27)24-11-13(2)28-14(3)12-24/h5-6,9-10,13-14H,4,7-8,11-12H2,1-3H3,(H,20,21)(H,22,23,25). The van der Waals surface area contributed by atoms with Crippen molar-refractivity contribution in [3.8, 4) is 11.4 Å². The number of anilines is 1. The number of aromatic nitrogens is 3. The van der Waals surface area contributed by atoms with Gasteiger partial charge in [-0.2, -0.15) is 4.31 Å². The zero-order valence-corrected chi connectivity index (χ0v) is 17.7. The molecule has 10 heteroatoms. The first-order valence-corrected chi connectivity index (χ1v) is 11.3. The number of nitrogens with one attached hydrogen (secondary N) is 2. The molecule has 158 valence electrons. The number of aryl methyl sites for hydroxylation is 1. The highest BCUT2D eigenvalue weighted by molar-refractivity contribution is 7.89. The average molecular weight is 422 g/mol. The van der Waals surface area contributed by atoms with Gasteiger partial charge in [0.1, 0.15) is 11.6 Å². The van der Waals surface area contributed by atoms with E-state index in [0.29, 0.717) is 42.4 Å². The number of rotatable bonds is 7. The zero-order chi connectivity index (χ0) is 21.0. The minimum absolute atomic E-state index is 0.0245. The van der Waals surface area contributed by atoms with Gasteiger partial charge < -0.3 is 15.0 Å². The first-order valence-electron chi connectivity index (χ1n) is 9.70. The van der Waals surface area contributed by atoms with Crippen LogP contribution in [0, 0.1) is 0 Å². The van der Waals surface area contributed by atoms with E-state index in [0.717, 1.165) is 0 Å². The van der Waals surface area contributed by atoms with Crippen LogP contribution in [0.4, 0.5) is 5.82 Å². The first kappa shape index (κ1) is 21.4. The van der Waals surface area contributed by atoms with E-state index in [4.69, 9.17) is 4.74 Å². The van der Waals surface area contributed by atoms with Crippen molar-refractivity contribution in [2.75, 3.05) is 30.7 Å².